The van der Waals surface area contributed by atoms with Crippen LogP contribution in [0.15, 0.2) is 0 Å². The molecule has 0 aromatic carbocycles. The molecule has 0 aromatic rings. The van der Waals surface area contributed by atoms with Crippen LogP contribution in [0.5, 0.6) is 0 Å². The van der Waals surface area contributed by atoms with Gasteiger partial charge in [0.15, 0.2) is 0 Å². The molecular weight excluding hydrogens is 216 g/mol. The average Bonchev–Trinajstić information content (AvgIpc) is 2.67. The predicted octanol–water partition coefficient (Wildman–Crippen LogP) is 0.783. The van der Waals surface area contributed by atoms with Gasteiger partial charge in [0, 0.05) is 26.2 Å². The molecule has 4 nitrogen and oxygen atoms in total. The molecule has 0 saturated carbocycles. The fraction of sp³-hybridized carbons (Fsp3) is 0.900. The summed E-state index contributed by atoms with van der Waals surface area (Å²) in [7, 11) is 1.53. The quantitative estimate of drug-likeness (QED) is 0.785. The first-order valence-electron chi connectivity index (χ1n) is 5.27. The van der Waals surface area contributed by atoms with Crippen molar-refractivity contribution in [2.45, 2.75) is 38.3 Å². The van der Waals surface area contributed by atoms with Crippen molar-refractivity contribution in [2.75, 3.05) is 20.2 Å². The van der Waals surface area contributed by atoms with E-state index in [1.165, 1.54) is 7.11 Å². The molecule has 0 bridgehead atoms. The first-order valence-corrected chi connectivity index (χ1v) is 5.27. The highest BCUT2D eigenvalue weighted by Gasteiger charge is 2.31. The van der Waals surface area contributed by atoms with E-state index < -0.39 is 6.10 Å². The van der Waals surface area contributed by atoms with Gasteiger partial charge in [-0.1, -0.05) is 6.92 Å². The van der Waals surface area contributed by atoms with Gasteiger partial charge in [-0.05, 0) is 19.3 Å². The molecule has 90 valence electrons. The molecule has 0 aliphatic carbocycles. The van der Waals surface area contributed by atoms with Crippen molar-refractivity contribution in [2.24, 2.45) is 5.73 Å². The molecule has 2 unspecified atom stereocenters. The maximum Gasteiger partial charge on any atom is 0.253 e. The minimum Gasteiger partial charge on any atom is -0.370 e. The molecule has 1 aliphatic heterocycles. The van der Waals surface area contributed by atoms with Crippen molar-refractivity contribution < 1.29 is 9.53 Å². The topological polar surface area (TPSA) is 55.6 Å². The number of nitrogens with two attached hydrogens (primary N) is 1. The SMILES string of the molecule is CCC1CCCN1C(=O)C(CN)OC.Cl. The fourth-order valence-electron chi connectivity index (χ4n) is 2.03. The smallest absolute Gasteiger partial charge is 0.253 e. The molecule has 1 aliphatic rings. The number of likely N-dealkylation sites (tertiary alicyclic amines) is 1. The summed E-state index contributed by atoms with van der Waals surface area (Å²) in [6.07, 6.45) is 2.78. The van der Waals surface area contributed by atoms with Crippen molar-refractivity contribution in [3.63, 3.8) is 0 Å². The van der Waals surface area contributed by atoms with E-state index in [1.54, 1.807) is 0 Å². The molecule has 2 N–H and O–H groups in total. The van der Waals surface area contributed by atoms with Crippen LogP contribution in [0.1, 0.15) is 26.2 Å². The number of hydrogen-bond acceptors (Lipinski definition) is 3. The van der Waals surface area contributed by atoms with Crippen molar-refractivity contribution in [1.29, 1.82) is 0 Å². The Kier molecular flexibility index (Phi) is 6.89. The Labute approximate surface area is 97.5 Å². The van der Waals surface area contributed by atoms with E-state index in [9.17, 15) is 4.79 Å². The number of ether oxygens (including phenoxy) is 1. The number of rotatable bonds is 4. The lowest BCUT2D eigenvalue weighted by Crippen LogP contribution is -2.45. The summed E-state index contributed by atoms with van der Waals surface area (Å²) < 4.78 is 5.05. The number of amides is 1. The number of carbonyl (C=O) groups is 1. The van der Waals surface area contributed by atoms with Gasteiger partial charge in [0.1, 0.15) is 6.10 Å². The summed E-state index contributed by atoms with van der Waals surface area (Å²) in [6, 6.07) is 0.395. The number of halogens is 1. The van der Waals surface area contributed by atoms with Crippen molar-refractivity contribution in [3.8, 4) is 0 Å². The summed E-state index contributed by atoms with van der Waals surface area (Å²) in [4.78, 5) is 13.8. The van der Waals surface area contributed by atoms with Gasteiger partial charge in [0.2, 0.25) is 0 Å². The minimum absolute atomic E-state index is 0. The van der Waals surface area contributed by atoms with Gasteiger partial charge in [0.05, 0.1) is 0 Å². The van der Waals surface area contributed by atoms with Crippen molar-refractivity contribution in [1.82, 2.24) is 4.90 Å². The van der Waals surface area contributed by atoms with Gasteiger partial charge < -0.3 is 15.4 Å². The van der Waals surface area contributed by atoms with E-state index in [0.29, 0.717) is 6.04 Å². The molecule has 5 heteroatoms. The van der Waals surface area contributed by atoms with E-state index in [0.717, 1.165) is 25.8 Å². The van der Waals surface area contributed by atoms with Crippen LogP contribution >= 0.6 is 12.4 Å². The monoisotopic (exact) mass is 236 g/mol. The third kappa shape index (κ3) is 3.33. The Hall–Kier alpha value is -0.320. The number of nitrogens with zero attached hydrogens (tertiary/aromatic N) is 1. The maximum atomic E-state index is 11.9. The van der Waals surface area contributed by atoms with Crippen molar-refractivity contribution in [3.05, 3.63) is 0 Å². The lowest BCUT2D eigenvalue weighted by atomic mass is 10.1. The maximum absolute atomic E-state index is 11.9. The highest BCUT2D eigenvalue weighted by Crippen LogP contribution is 2.20. The summed E-state index contributed by atoms with van der Waals surface area (Å²) in [6.45, 7) is 3.24. The van der Waals surface area contributed by atoms with Crippen LogP contribution in [0.3, 0.4) is 0 Å². The molecule has 1 amide bonds. The van der Waals surface area contributed by atoms with E-state index >= 15 is 0 Å². The van der Waals surface area contributed by atoms with E-state index in [-0.39, 0.29) is 24.9 Å². The van der Waals surface area contributed by atoms with Gasteiger partial charge in [0.25, 0.3) is 5.91 Å². The van der Waals surface area contributed by atoms with Gasteiger partial charge in [-0.2, -0.15) is 0 Å². The van der Waals surface area contributed by atoms with Crippen LogP contribution in [-0.4, -0.2) is 43.2 Å². The van der Waals surface area contributed by atoms with E-state index in [2.05, 4.69) is 6.92 Å². The summed E-state index contributed by atoms with van der Waals surface area (Å²) in [5.74, 6) is 0.0550. The molecule has 1 fully saturated rings. The Morgan fingerprint density at radius 2 is 2.33 bits per heavy atom. The Morgan fingerprint density at radius 3 is 2.80 bits per heavy atom. The first kappa shape index (κ1) is 14.7. The molecular formula is C10H21ClN2O2. The molecule has 1 saturated heterocycles. The third-order valence-corrected chi connectivity index (χ3v) is 2.91. The second kappa shape index (κ2) is 7.04. The fourth-order valence-corrected chi connectivity index (χ4v) is 2.03. The van der Waals surface area contributed by atoms with Crippen LogP contribution < -0.4 is 5.73 Å². The largest absolute Gasteiger partial charge is 0.370 e. The number of hydrogen-bond donors (Lipinski definition) is 1. The van der Waals surface area contributed by atoms with Gasteiger partial charge in [-0.25, -0.2) is 0 Å². The first-order chi connectivity index (χ1) is 6.74. The zero-order valence-corrected chi connectivity index (χ0v) is 10.3. The lowest BCUT2D eigenvalue weighted by Gasteiger charge is -2.27. The van der Waals surface area contributed by atoms with Gasteiger partial charge >= 0.3 is 0 Å². The normalized spacial score (nSPS) is 22.3. The molecule has 0 aromatic heterocycles. The molecule has 0 radical (unpaired) electrons. The lowest BCUT2D eigenvalue weighted by molar-refractivity contribution is -0.142. The second-order valence-corrected chi connectivity index (χ2v) is 3.70. The molecule has 1 heterocycles. The van der Waals surface area contributed by atoms with Crippen LogP contribution in [0.2, 0.25) is 0 Å². The highest BCUT2D eigenvalue weighted by molar-refractivity contribution is 5.85. The van der Waals surface area contributed by atoms with E-state index in [4.69, 9.17) is 10.5 Å². The predicted molar refractivity (Wildman–Crippen MR) is 62.1 cm³/mol. The molecule has 1 rings (SSSR count). The van der Waals surface area contributed by atoms with Gasteiger partial charge in [-0.3, -0.25) is 4.79 Å². The summed E-state index contributed by atoms with van der Waals surface area (Å²) >= 11 is 0. The van der Waals surface area contributed by atoms with Crippen LogP contribution in [0.4, 0.5) is 0 Å². The van der Waals surface area contributed by atoms with E-state index in [1.807, 2.05) is 4.90 Å². The van der Waals surface area contributed by atoms with Crippen LogP contribution in [-0.2, 0) is 9.53 Å². The second-order valence-electron chi connectivity index (χ2n) is 3.70. The van der Waals surface area contributed by atoms with Crippen LogP contribution in [0, 0.1) is 0 Å². The zero-order valence-electron chi connectivity index (χ0n) is 9.44. The Morgan fingerprint density at radius 1 is 1.67 bits per heavy atom. The number of methoxy groups -OCH3 is 1. The zero-order chi connectivity index (χ0) is 10.6. The van der Waals surface area contributed by atoms with Crippen LogP contribution in [0.25, 0.3) is 0 Å². The summed E-state index contributed by atoms with van der Waals surface area (Å²) in [5.41, 5.74) is 5.47. The molecule has 15 heavy (non-hydrogen) atoms. The molecule has 0 spiro atoms. The standard InChI is InChI=1S/C10H20N2O2.ClH/c1-3-8-5-4-6-12(8)10(13)9(7-11)14-2;/h8-9H,3-7,11H2,1-2H3;1H. The highest BCUT2D eigenvalue weighted by atomic mass is 35.5. The van der Waals surface area contributed by atoms with Gasteiger partial charge in [-0.15, -0.1) is 12.4 Å². The summed E-state index contributed by atoms with van der Waals surface area (Å²) in [5, 5.41) is 0. The molecule has 2 atom stereocenters. The van der Waals surface area contributed by atoms with Crippen molar-refractivity contribution >= 4 is 18.3 Å². The Balaban J connectivity index is 0.00000196. The number of carbonyl (C=O) groups excluding carboxylic acids is 1. The average molecular weight is 237 g/mol. The Bertz CT molecular complexity index is 198. The minimum atomic E-state index is -0.456. The third-order valence-electron chi connectivity index (χ3n) is 2.91.